The van der Waals surface area contributed by atoms with Crippen LogP contribution in [-0.2, 0) is 10.2 Å². The molecule has 0 bridgehead atoms. The molecule has 1 fully saturated rings. The number of amides is 1. The van der Waals surface area contributed by atoms with Crippen molar-refractivity contribution < 1.29 is 18.0 Å². The lowest BCUT2D eigenvalue weighted by Crippen LogP contribution is -2.46. The third-order valence-electron chi connectivity index (χ3n) is 5.05. The van der Waals surface area contributed by atoms with Crippen molar-refractivity contribution in [3.05, 3.63) is 40.4 Å². The SMILES string of the molecule is C=C1CCCC2Nc3ccc(Br)cc3C12CCNC(=O)C(F)(F)F. The monoisotopic (exact) mass is 402 g/mol. The molecule has 1 heterocycles. The normalized spacial score (nSPS) is 25.7. The Morgan fingerprint density at radius 2 is 2.21 bits per heavy atom. The molecule has 2 unspecified atom stereocenters. The summed E-state index contributed by atoms with van der Waals surface area (Å²) in [4.78, 5) is 11.1. The zero-order chi connectivity index (χ0) is 17.5. The molecule has 1 saturated carbocycles. The van der Waals surface area contributed by atoms with Crippen LogP contribution < -0.4 is 10.6 Å². The second-order valence-corrected chi connectivity index (χ2v) is 7.27. The standard InChI is InChI=1S/C17H18BrF3N2O/c1-10-3-2-4-14-16(10,7-8-22-15(24)17(19,20)21)12-9-11(18)5-6-13(12)23-14/h5-6,9,14,23H,1-4,7-8H2,(H,22,24). The van der Waals surface area contributed by atoms with Crippen LogP contribution >= 0.6 is 15.9 Å². The van der Waals surface area contributed by atoms with Gasteiger partial charge in [0.05, 0.1) is 0 Å². The summed E-state index contributed by atoms with van der Waals surface area (Å²) >= 11 is 3.47. The van der Waals surface area contributed by atoms with E-state index in [0.717, 1.165) is 40.6 Å². The molecule has 1 aliphatic carbocycles. The van der Waals surface area contributed by atoms with E-state index in [1.165, 1.54) is 0 Å². The van der Waals surface area contributed by atoms with Gasteiger partial charge < -0.3 is 10.6 Å². The lowest BCUT2D eigenvalue weighted by Gasteiger charge is -2.42. The molecule has 0 aromatic heterocycles. The number of alkyl halides is 3. The van der Waals surface area contributed by atoms with E-state index in [1.54, 1.807) is 0 Å². The van der Waals surface area contributed by atoms with E-state index >= 15 is 0 Å². The molecule has 1 aliphatic heterocycles. The lowest BCUT2D eigenvalue weighted by molar-refractivity contribution is -0.173. The van der Waals surface area contributed by atoms with E-state index < -0.39 is 17.5 Å². The average molecular weight is 403 g/mol. The van der Waals surface area contributed by atoms with Crippen LogP contribution in [-0.4, -0.2) is 24.7 Å². The Morgan fingerprint density at radius 3 is 2.92 bits per heavy atom. The highest BCUT2D eigenvalue weighted by Gasteiger charge is 2.50. The lowest BCUT2D eigenvalue weighted by atomic mass is 9.63. The maximum atomic E-state index is 12.4. The summed E-state index contributed by atoms with van der Waals surface area (Å²) < 4.78 is 38.1. The van der Waals surface area contributed by atoms with Gasteiger partial charge in [0.2, 0.25) is 0 Å². The summed E-state index contributed by atoms with van der Waals surface area (Å²) in [5.41, 5.74) is 2.63. The second kappa shape index (κ2) is 6.10. The summed E-state index contributed by atoms with van der Waals surface area (Å²) in [6.45, 7) is 4.17. The fourth-order valence-corrected chi connectivity index (χ4v) is 4.33. The molecule has 0 radical (unpaired) electrons. The molecule has 0 saturated heterocycles. The van der Waals surface area contributed by atoms with Gasteiger partial charge >= 0.3 is 12.1 Å². The van der Waals surface area contributed by atoms with E-state index in [2.05, 4.69) is 27.8 Å². The van der Waals surface area contributed by atoms with Crippen LogP contribution in [0.25, 0.3) is 0 Å². The van der Waals surface area contributed by atoms with Gasteiger partial charge in [-0.05, 0) is 49.4 Å². The zero-order valence-electron chi connectivity index (χ0n) is 13.0. The van der Waals surface area contributed by atoms with Gasteiger partial charge in [0, 0.05) is 28.2 Å². The van der Waals surface area contributed by atoms with Gasteiger partial charge in [-0.25, -0.2) is 0 Å². The van der Waals surface area contributed by atoms with Crippen molar-refractivity contribution in [3.8, 4) is 0 Å². The van der Waals surface area contributed by atoms with Crippen molar-refractivity contribution in [1.82, 2.24) is 5.32 Å². The smallest absolute Gasteiger partial charge is 0.381 e. The molecule has 2 aliphatic rings. The largest absolute Gasteiger partial charge is 0.471 e. The number of carbonyl (C=O) groups excluding carboxylic acids is 1. The van der Waals surface area contributed by atoms with Gasteiger partial charge in [-0.15, -0.1) is 0 Å². The molecule has 7 heteroatoms. The summed E-state index contributed by atoms with van der Waals surface area (Å²) in [6, 6.07) is 6.02. The molecule has 1 amide bonds. The maximum Gasteiger partial charge on any atom is 0.471 e. The fourth-order valence-electron chi connectivity index (χ4n) is 3.97. The molecule has 130 valence electrons. The number of benzene rings is 1. The minimum atomic E-state index is -4.85. The fraction of sp³-hybridized carbons (Fsp3) is 0.471. The number of carbonyl (C=O) groups is 1. The maximum absolute atomic E-state index is 12.4. The minimum Gasteiger partial charge on any atom is -0.381 e. The average Bonchev–Trinajstić information content (AvgIpc) is 2.82. The highest BCUT2D eigenvalue weighted by Crippen LogP contribution is 2.53. The molecule has 24 heavy (non-hydrogen) atoms. The van der Waals surface area contributed by atoms with E-state index in [9.17, 15) is 18.0 Å². The van der Waals surface area contributed by atoms with Crippen molar-refractivity contribution in [2.45, 2.75) is 43.3 Å². The Hall–Kier alpha value is -1.50. The van der Waals surface area contributed by atoms with Crippen LogP contribution in [0.3, 0.4) is 0 Å². The molecule has 1 aromatic rings. The number of rotatable bonds is 3. The first-order valence-corrected chi connectivity index (χ1v) is 8.64. The van der Waals surface area contributed by atoms with Crippen molar-refractivity contribution in [1.29, 1.82) is 0 Å². The summed E-state index contributed by atoms with van der Waals surface area (Å²) in [5.74, 6) is -1.89. The summed E-state index contributed by atoms with van der Waals surface area (Å²) in [6.07, 6.45) is -1.68. The van der Waals surface area contributed by atoms with Crippen molar-refractivity contribution in [2.24, 2.45) is 0 Å². The second-order valence-electron chi connectivity index (χ2n) is 6.36. The van der Waals surface area contributed by atoms with Crippen molar-refractivity contribution >= 4 is 27.5 Å². The predicted octanol–water partition coefficient (Wildman–Crippen LogP) is 4.29. The predicted molar refractivity (Wildman–Crippen MR) is 89.9 cm³/mol. The zero-order valence-corrected chi connectivity index (χ0v) is 14.6. The highest BCUT2D eigenvalue weighted by atomic mass is 79.9. The van der Waals surface area contributed by atoms with E-state index in [1.807, 2.05) is 23.5 Å². The van der Waals surface area contributed by atoms with Crippen LogP contribution in [0.4, 0.5) is 18.9 Å². The quantitative estimate of drug-likeness (QED) is 0.740. The van der Waals surface area contributed by atoms with Gasteiger partial charge in [0.15, 0.2) is 0 Å². The summed E-state index contributed by atoms with van der Waals surface area (Å²) in [7, 11) is 0. The van der Waals surface area contributed by atoms with Crippen LogP contribution in [0.15, 0.2) is 34.8 Å². The molecule has 3 nitrogen and oxygen atoms in total. The Morgan fingerprint density at radius 1 is 1.46 bits per heavy atom. The molecule has 3 rings (SSSR count). The Bertz CT molecular complexity index is 689. The number of hydrogen-bond acceptors (Lipinski definition) is 2. The first kappa shape index (κ1) is 17.3. The Labute approximate surface area is 146 Å². The van der Waals surface area contributed by atoms with Crippen LogP contribution in [0.2, 0.25) is 0 Å². The van der Waals surface area contributed by atoms with Crippen molar-refractivity contribution in [3.63, 3.8) is 0 Å². The minimum absolute atomic E-state index is 0.0402. The first-order chi connectivity index (χ1) is 11.2. The van der Waals surface area contributed by atoms with Crippen LogP contribution in [0, 0.1) is 0 Å². The molecular weight excluding hydrogens is 385 g/mol. The molecule has 0 spiro atoms. The van der Waals surface area contributed by atoms with Gasteiger partial charge in [0.25, 0.3) is 0 Å². The van der Waals surface area contributed by atoms with Crippen LogP contribution in [0.5, 0.6) is 0 Å². The van der Waals surface area contributed by atoms with Gasteiger partial charge in [-0.2, -0.15) is 13.2 Å². The number of anilines is 1. The topological polar surface area (TPSA) is 41.1 Å². The van der Waals surface area contributed by atoms with Gasteiger partial charge in [-0.1, -0.05) is 28.1 Å². The molecule has 2 N–H and O–H groups in total. The van der Waals surface area contributed by atoms with Crippen LogP contribution in [0.1, 0.15) is 31.2 Å². The highest BCUT2D eigenvalue weighted by molar-refractivity contribution is 9.10. The van der Waals surface area contributed by atoms with Gasteiger partial charge in [0.1, 0.15) is 0 Å². The number of hydrogen-bond donors (Lipinski definition) is 2. The molecular formula is C17H18BrF3N2O. The van der Waals surface area contributed by atoms with Crippen molar-refractivity contribution in [2.75, 3.05) is 11.9 Å². The third-order valence-corrected chi connectivity index (χ3v) is 5.54. The van der Waals surface area contributed by atoms with Gasteiger partial charge in [-0.3, -0.25) is 4.79 Å². The van der Waals surface area contributed by atoms with E-state index in [0.29, 0.717) is 6.42 Å². The first-order valence-electron chi connectivity index (χ1n) is 7.85. The number of fused-ring (bicyclic) bond motifs is 3. The Kier molecular flexibility index (Phi) is 4.40. The molecule has 2 atom stereocenters. The van der Waals surface area contributed by atoms with E-state index in [4.69, 9.17) is 0 Å². The summed E-state index contributed by atoms with van der Waals surface area (Å²) in [5, 5.41) is 5.49. The molecule has 1 aromatic carbocycles. The third kappa shape index (κ3) is 2.83. The Balaban J connectivity index is 1.87. The number of nitrogens with one attached hydrogen (secondary N) is 2. The number of halogens is 4. The van der Waals surface area contributed by atoms with E-state index in [-0.39, 0.29) is 12.6 Å².